The third kappa shape index (κ3) is 5.61. The highest BCUT2D eigenvalue weighted by Crippen LogP contribution is 2.21. The van der Waals surface area contributed by atoms with Gasteiger partial charge in [-0.1, -0.05) is 17.7 Å². The summed E-state index contributed by atoms with van der Waals surface area (Å²) in [5.74, 6) is -0.423. The minimum atomic E-state index is -0.599. The molecule has 0 bridgehead atoms. The fraction of sp³-hybridized carbons (Fsp3) is 0.105. The van der Waals surface area contributed by atoms with Crippen LogP contribution in [0.1, 0.15) is 11.1 Å². The maximum Gasteiger partial charge on any atom is 0.307 e. The van der Waals surface area contributed by atoms with E-state index < -0.39 is 16.6 Å². The summed E-state index contributed by atoms with van der Waals surface area (Å²) in [6.07, 6.45) is 3.62. The average molecular weight is 432 g/mol. The van der Waals surface area contributed by atoms with Crippen molar-refractivity contribution in [3.8, 4) is 5.75 Å². The van der Waals surface area contributed by atoms with Crippen LogP contribution in [0.3, 0.4) is 0 Å². The Hall–Kier alpha value is -3.79. The molecule has 2 aromatic carbocycles. The summed E-state index contributed by atoms with van der Waals surface area (Å²) in [5.41, 5.74) is 3.06. The standard InChI is InChI=1S/C19H15ClFN5O4/c20-17-2-1-3-18(21)16(17)12-30-15-6-4-13(5-7-15)8-22-24-19(27)11-25-10-14(9-23-25)26(28)29/h1-10H,11-12H2,(H,24,27)/b22-8+. The van der Waals surface area contributed by atoms with E-state index >= 15 is 0 Å². The molecule has 3 aromatic rings. The molecule has 3 rings (SSSR count). The molecule has 0 atom stereocenters. The van der Waals surface area contributed by atoms with E-state index in [1.807, 2.05) is 0 Å². The lowest BCUT2D eigenvalue weighted by Gasteiger charge is -2.08. The zero-order chi connectivity index (χ0) is 21.5. The molecule has 0 unspecified atom stereocenters. The van der Waals surface area contributed by atoms with Crippen LogP contribution in [0.4, 0.5) is 10.1 Å². The molecule has 154 valence electrons. The maximum atomic E-state index is 13.7. The number of hydrogen-bond acceptors (Lipinski definition) is 6. The van der Waals surface area contributed by atoms with E-state index in [9.17, 15) is 19.3 Å². The highest BCUT2D eigenvalue weighted by Gasteiger charge is 2.11. The summed E-state index contributed by atoms with van der Waals surface area (Å²) >= 11 is 5.96. The Morgan fingerprint density at radius 1 is 1.33 bits per heavy atom. The number of amides is 1. The molecule has 0 saturated heterocycles. The van der Waals surface area contributed by atoms with Crippen molar-refractivity contribution in [2.45, 2.75) is 13.2 Å². The van der Waals surface area contributed by atoms with Gasteiger partial charge < -0.3 is 4.74 Å². The molecule has 0 aliphatic rings. The average Bonchev–Trinajstić information content (AvgIpc) is 3.17. The Balaban J connectivity index is 1.49. The van der Waals surface area contributed by atoms with Gasteiger partial charge in [-0.3, -0.25) is 19.6 Å². The maximum absolute atomic E-state index is 13.7. The SMILES string of the molecule is O=C(Cn1cc([N+](=O)[O-])cn1)N/N=C/c1ccc(OCc2c(F)cccc2Cl)cc1. The van der Waals surface area contributed by atoms with Crippen molar-refractivity contribution >= 4 is 29.4 Å². The highest BCUT2D eigenvalue weighted by molar-refractivity contribution is 6.31. The van der Waals surface area contributed by atoms with Crippen molar-refractivity contribution in [2.24, 2.45) is 5.10 Å². The lowest BCUT2D eigenvalue weighted by Crippen LogP contribution is -2.23. The van der Waals surface area contributed by atoms with Crippen LogP contribution in [0.5, 0.6) is 5.75 Å². The second-order valence-electron chi connectivity index (χ2n) is 6.00. The minimum Gasteiger partial charge on any atom is -0.489 e. The minimum absolute atomic E-state index is 0.0133. The summed E-state index contributed by atoms with van der Waals surface area (Å²) in [7, 11) is 0. The number of nitro groups is 1. The van der Waals surface area contributed by atoms with E-state index in [1.165, 1.54) is 18.3 Å². The fourth-order valence-electron chi connectivity index (χ4n) is 2.37. The molecule has 1 N–H and O–H groups in total. The van der Waals surface area contributed by atoms with E-state index in [0.29, 0.717) is 16.3 Å². The monoisotopic (exact) mass is 431 g/mol. The molecule has 1 aromatic heterocycles. The Labute approximate surface area is 174 Å². The van der Waals surface area contributed by atoms with Crippen LogP contribution in [-0.4, -0.2) is 26.8 Å². The zero-order valence-electron chi connectivity index (χ0n) is 15.4. The second-order valence-corrected chi connectivity index (χ2v) is 6.41. The number of aromatic nitrogens is 2. The van der Waals surface area contributed by atoms with Crippen molar-refractivity contribution in [2.75, 3.05) is 0 Å². The van der Waals surface area contributed by atoms with E-state index in [-0.39, 0.29) is 24.4 Å². The summed E-state index contributed by atoms with van der Waals surface area (Å²) in [4.78, 5) is 21.8. The Kier molecular flexibility index (Phi) is 6.71. The number of halogens is 2. The first-order valence-corrected chi connectivity index (χ1v) is 8.94. The number of carbonyl (C=O) groups excluding carboxylic acids is 1. The van der Waals surface area contributed by atoms with Gasteiger partial charge in [-0.15, -0.1) is 0 Å². The first-order valence-electron chi connectivity index (χ1n) is 8.57. The third-order valence-corrected chi connectivity index (χ3v) is 4.22. The number of rotatable bonds is 8. The molecule has 11 heteroatoms. The van der Waals surface area contributed by atoms with E-state index in [4.69, 9.17) is 16.3 Å². The van der Waals surface area contributed by atoms with Gasteiger partial charge in [0, 0.05) is 5.56 Å². The number of nitrogens with one attached hydrogen (secondary N) is 1. The van der Waals surface area contributed by atoms with Crippen molar-refractivity contribution in [1.29, 1.82) is 0 Å². The number of benzene rings is 2. The molecule has 0 aliphatic carbocycles. The van der Waals surface area contributed by atoms with Crippen molar-refractivity contribution < 1.29 is 18.8 Å². The molecule has 0 radical (unpaired) electrons. The lowest BCUT2D eigenvalue weighted by atomic mass is 10.2. The number of nitrogens with zero attached hydrogens (tertiary/aromatic N) is 4. The van der Waals surface area contributed by atoms with Gasteiger partial charge in [0.25, 0.3) is 5.91 Å². The van der Waals surface area contributed by atoms with Crippen LogP contribution in [0, 0.1) is 15.9 Å². The first-order chi connectivity index (χ1) is 14.4. The largest absolute Gasteiger partial charge is 0.489 e. The van der Waals surface area contributed by atoms with Crippen LogP contribution in [-0.2, 0) is 17.9 Å². The highest BCUT2D eigenvalue weighted by atomic mass is 35.5. The zero-order valence-corrected chi connectivity index (χ0v) is 16.1. The quantitative estimate of drug-likeness (QED) is 0.334. The summed E-state index contributed by atoms with van der Waals surface area (Å²) in [6.45, 7) is -0.225. The smallest absolute Gasteiger partial charge is 0.307 e. The van der Waals surface area contributed by atoms with Crippen LogP contribution in [0.2, 0.25) is 5.02 Å². The Bertz CT molecular complexity index is 1060. The Morgan fingerprint density at radius 3 is 2.77 bits per heavy atom. The number of hydrogen-bond donors (Lipinski definition) is 1. The molecule has 30 heavy (non-hydrogen) atoms. The van der Waals surface area contributed by atoms with E-state index in [1.54, 1.807) is 30.3 Å². The van der Waals surface area contributed by atoms with Crippen molar-refractivity contribution in [3.05, 3.63) is 86.9 Å². The van der Waals surface area contributed by atoms with Crippen LogP contribution in [0.25, 0.3) is 0 Å². The molecular weight excluding hydrogens is 417 g/mol. The second kappa shape index (κ2) is 9.61. The number of carbonyl (C=O) groups is 1. The number of hydrazone groups is 1. The van der Waals surface area contributed by atoms with Gasteiger partial charge >= 0.3 is 5.69 Å². The van der Waals surface area contributed by atoms with Gasteiger partial charge in [-0.25, -0.2) is 9.82 Å². The topological polar surface area (TPSA) is 112 Å². The van der Waals surface area contributed by atoms with E-state index in [0.717, 1.165) is 17.1 Å². The molecule has 0 fully saturated rings. The third-order valence-electron chi connectivity index (χ3n) is 3.86. The number of ether oxygens (including phenoxy) is 1. The fourth-order valence-corrected chi connectivity index (χ4v) is 2.59. The normalized spacial score (nSPS) is 10.9. The molecule has 1 amide bonds. The van der Waals surface area contributed by atoms with Crippen LogP contribution >= 0.6 is 11.6 Å². The van der Waals surface area contributed by atoms with Crippen molar-refractivity contribution in [3.63, 3.8) is 0 Å². The molecular formula is C19H15ClFN5O4. The van der Waals surface area contributed by atoms with Gasteiger partial charge in [0.2, 0.25) is 0 Å². The lowest BCUT2D eigenvalue weighted by molar-refractivity contribution is -0.385. The van der Waals surface area contributed by atoms with Crippen LogP contribution in [0.15, 0.2) is 60.0 Å². The molecule has 1 heterocycles. The predicted molar refractivity (Wildman–Crippen MR) is 107 cm³/mol. The summed E-state index contributed by atoms with van der Waals surface area (Å²) < 4.78 is 20.4. The van der Waals surface area contributed by atoms with Gasteiger partial charge in [0.15, 0.2) is 0 Å². The van der Waals surface area contributed by atoms with Gasteiger partial charge in [-0.2, -0.15) is 10.2 Å². The predicted octanol–water partition coefficient (Wildman–Crippen LogP) is 3.31. The molecule has 0 spiro atoms. The summed E-state index contributed by atoms with van der Waals surface area (Å²) in [5, 5.41) is 18.4. The molecule has 0 aliphatic heterocycles. The molecule has 0 saturated carbocycles. The van der Waals surface area contributed by atoms with Gasteiger partial charge in [-0.05, 0) is 42.0 Å². The van der Waals surface area contributed by atoms with Gasteiger partial charge in [0.1, 0.15) is 37.1 Å². The molecule has 9 nitrogen and oxygen atoms in total. The van der Waals surface area contributed by atoms with Crippen molar-refractivity contribution in [1.82, 2.24) is 15.2 Å². The van der Waals surface area contributed by atoms with Gasteiger partial charge in [0.05, 0.1) is 16.2 Å². The van der Waals surface area contributed by atoms with E-state index in [2.05, 4.69) is 15.6 Å². The summed E-state index contributed by atoms with van der Waals surface area (Å²) in [6, 6.07) is 11.2. The first kappa shape index (κ1) is 20.9. The van der Waals surface area contributed by atoms with Crippen LogP contribution < -0.4 is 10.2 Å². The Morgan fingerprint density at radius 2 is 2.10 bits per heavy atom.